The van der Waals surface area contributed by atoms with Crippen molar-refractivity contribution in [2.24, 2.45) is 5.16 Å². The van der Waals surface area contributed by atoms with Crippen molar-refractivity contribution in [2.45, 2.75) is 19.8 Å². The second-order valence-corrected chi connectivity index (χ2v) is 1.39. The molecule has 0 spiro atoms. The van der Waals surface area contributed by atoms with Crippen LogP contribution in [0.1, 0.15) is 19.8 Å². The van der Waals surface area contributed by atoms with E-state index in [0.717, 1.165) is 0 Å². The fraction of sp³-hybridized carbons (Fsp3) is 0.600. The number of Topliss-reactive ketones (excluding diaryl/α,β-unsaturated/α-hetero) is 1. The number of ketones is 1. The van der Waals surface area contributed by atoms with Crippen molar-refractivity contribution in [2.75, 3.05) is 0 Å². The summed E-state index contributed by atoms with van der Waals surface area (Å²) in [6, 6.07) is 0. The Kier molecular flexibility index (Phi) is 3.84. The molecule has 0 fully saturated rings. The first-order valence-electron chi connectivity index (χ1n) is 2.48. The molecular formula is C5H9NO2. The monoisotopic (exact) mass is 115 g/mol. The minimum absolute atomic E-state index is 0.0859. The minimum atomic E-state index is 0.0859. The van der Waals surface area contributed by atoms with Gasteiger partial charge in [-0.05, 0) is 0 Å². The van der Waals surface area contributed by atoms with E-state index in [0.29, 0.717) is 6.42 Å². The molecule has 0 aliphatic heterocycles. The average Bonchev–Trinajstić information content (AvgIpc) is 1.83. The number of nitrogens with zero attached hydrogens (tertiary/aromatic N) is 1. The maximum absolute atomic E-state index is 10.4. The highest BCUT2D eigenvalue weighted by Gasteiger charge is 1.91. The SMILES string of the molecule is CCC(=O)CC=NO. The zero-order valence-corrected chi connectivity index (χ0v) is 4.79. The molecule has 0 aromatic heterocycles. The molecule has 0 rings (SSSR count). The van der Waals surface area contributed by atoms with Crippen LogP contribution in [0.25, 0.3) is 0 Å². The molecule has 3 nitrogen and oxygen atoms in total. The number of carbonyl (C=O) groups is 1. The van der Waals surface area contributed by atoms with E-state index in [1.165, 1.54) is 6.21 Å². The van der Waals surface area contributed by atoms with Gasteiger partial charge in [0, 0.05) is 12.8 Å². The normalized spacial score (nSPS) is 10.1. The molecule has 0 saturated heterocycles. The quantitative estimate of drug-likeness (QED) is 0.336. The third-order valence-corrected chi connectivity index (χ3v) is 0.795. The van der Waals surface area contributed by atoms with E-state index in [-0.39, 0.29) is 12.2 Å². The van der Waals surface area contributed by atoms with E-state index in [2.05, 4.69) is 5.16 Å². The molecule has 0 atom stereocenters. The first-order chi connectivity index (χ1) is 3.81. The maximum atomic E-state index is 10.4. The van der Waals surface area contributed by atoms with Gasteiger partial charge < -0.3 is 5.21 Å². The molecule has 0 saturated carbocycles. The van der Waals surface area contributed by atoms with Crippen molar-refractivity contribution >= 4 is 12.0 Å². The van der Waals surface area contributed by atoms with Crippen LogP contribution in [0, 0.1) is 0 Å². The van der Waals surface area contributed by atoms with Crippen molar-refractivity contribution in [3.8, 4) is 0 Å². The fourth-order valence-electron chi connectivity index (χ4n) is 0.287. The van der Waals surface area contributed by atoms with Crippen LogP contribution in [0.4, 0.5) is 0 Å². The number of hydrogen-bond donors (Lipinski definition) is 1. The minimum Gasteiger partial charge on any atom is -0.411 e. The molecule has 46 valence electrons. The molecule has 0 aliphatic carbocycles. The summed E-state index contributed by atoms with van der Waals surface area (Å²) in [4.78, 5) is 10.4. The van der Waals surface area contributed by atoms with E-state index in [9.17, 15) is 4.79 Å². The molecule has 0 bridgehead atoms. The zero-order chi connectivity index (χ0) is 6.41. The van der Waals surface area contributed by atoms with E-state index in [4.69, 9.17) is 5.21 Å². The Labute approximate surface area is 48.0 Å². The summed E-state index contributed by atoms with van der Waals surface area (Å²) < 4.78 is 0. The molecule has 3 heteroatoms. The average molecular weight is 115 g/mol. The Morgan fingerprint density at radius 3 is 2.88 bits per heavy atom. The lowest BCUT2D eigenvalue weighted by atomic mass is 10.2. The molecule has 0 amide bonds. The maximum Gasteiger partial charge on any atom is 0.138 e. The summed E-state index contributed by atoms with van der Waals surface area (Å²) in [5.74, 6) is 0.0859. The largest absolute Gasteiger partial charge is 0.411 e. The van der Waals surface area contributed by atoms with Gasteiger partial charge in [-0.25, -0.2) is 0 Å². The predicted octanol–water partition coefficient (Wildman–Crippen LogP) is 0.816. The number of carbonyl (C=O) groups excluding carboxylic acids is 1. The summed E-state index contributed by atoms with van der Waals surface area (Å²) in [6.45, 7) is 1.77. The number of oxime groups is 1. The lowest BCUT2D eigenvalue weighted by Crippen LogP contribution is -1.94. The second kappa shape index (κ2) is 4.30. The van der Waals surface area contributed by atoms with Gasteiger partial charge in [0.25, 0.3) is 0 Å². The Balaban J connectivity index is 3.25. The van der Waals surface area contributed by atoms with Crippen LogP contribution in [0.15, 0.2) is 5.16 Å². The molecular weight excluding hydrogens is 106 g/mol. The van der Waals surface area contributed by atoms with Crippen molar-refractivity contribution in [3.05, 3.63) is 0 Å². The summed E-state index contributed by atoms with van der Waals surface area (Å²) in [5.41, 5.74) is 0. The van der Waals surface area contributed by atoms with Gasteiger partial charge in [0.1, 0.15) is 5.78 Å². The zero-order valence-electron chi connectivity index (χ0n) is 4.79. The highest BCUT2D eigenvalue weighted by atomic mass is 16.4. The summed E-state index contributed by atoms with van der Waals surface area (Å²) in [6.07, 6.45) is 1.94. The highest BCUT2D eigenvalue weighted by Crippen LogP contribution is 1.83. The molecule has 0 aromatic rings. The van der Waals surface area contributed by atoms with Gasteiger partial charge >= 0.3 is 0 Å². The van der Waals surface area contributed by atoms with Gasteiger partial charge in [0.05, 0.1) is 6.21 Å². The summed E-state index contributed by atoms with van der Waals surface area (Å²) in [7, 11) is 0. The first kappa shape index (κ1) is 7.14. The Hall–Kier alpha value is -0.860. The fourth-order valence-corrected chi connectivity index (χ4v) is 0.287. The predicted molar refractivity (Wildman–Crippen MR) is 30.2 cm³/mol. The van der Waals surface area contributed by atoms with Crippen LogP contribution in [0.3, 0.4) is 0 Å². The molecule has 0 heterocycles. The molecule has 8 heavy (non-hydrogen) atoms. The molecule has 1 N–H and O–H groups in total. The van der Waals surface area contributed by atoms with Crippen LogP contribution in [-0.4, -0.2) is 17.2 Å². The van der Waals surface area contributed by atoms with Crippen molar-refractivity contribution in [1.82, 2.24) is 0 Å². The van der Waals surface area contributed by atoms with Gasteiger partial charge in [0.15, 0.2) is 0 Å². The smallest absolute Gasteiger partial charge is 0.138 e. The number of hydrogen-bond acceptors (Lipinski definition) is 3. The van der Waals surface area contributed by atoms with Crippen molar-refractivity contribution in [1.29, 1.82) is 0 Å². The van der Waals surface area contributed by atoms with Gasteiger partial charge in [-0.15, -0.1) is 5.16 Å². The van der Waals surface area contributed by atoms with Crippen LogP contribution >= 0.6 is 0 Å². The van der Waals surface area contributed by atoms with Gasteiger partial charge in [0.2, 0.25) is 0 Å². The van der Waals surface area contributed by atoms with Crippen molar-refractivity contribution < 1.29 is 10.0 Å². The molecule has 0 aromatic carbocycles. The Morgan fingerprint density at radius 1 is 1.88 bits per heavy atom. The van der Waals surface area contributed by atoms with Gasteiger partial charge in [-0.1, -0.05) is 6.92 Å². The second-order valence-electron chi connectivity index (χ2n) is 1.39. The topological polar surface area (TPSA) is 49.7 Å². The molecule has 0 aliphatic rings. The van der Waals surface area contributed by atoms with E-state index in [1.54, 1.807) is 6.92 Å². The highest BCUT2D eigenvalue weighted by molar-refractivity contribution is 5.90. The first-order valence-corrected chi connectivity index (χ1v) is 2.48. The van der Waals surface area contributed by atoms with Gasteiger partial charge in [-0.2, -0.15) is 0 Å². The van der Waals surface area contributed by atoms with E-state index >= 15 is 0 Å². The lowest BCUT2D eigenvalue weighted by Gasteiger charge is -1.83. The van der Waals surface area contributed by atoms with Gasteiger partial charge in [-0.3, -0.25) is 4.79 Å². The third-order valence-electron chi connectivity index (χ3n) is 0.795. The van der Waals surface area contributed by atoms with E-state index < -0.39 is 0 Å². The van der Waals surface area contributed by atoms with Crippen LogP contribution in [0.2, 0.25) is 0 Å². The molecule has 0 radical (unpaired) electrons. The van der Waals surface area contributed by atoms with E-state index in [1.807, 2.05) is 0 Å². The Bertz CT molecular complexity index is 98.6. The van der Waals surface area contributed by atoms with Crippen LogP contribution in [-0.2, 0) is 4.79 Å². The molecule has 0 unspecified atom stereocenters. The lowest BCUT2D eigenvalue weighted by molar-refractivity contribution is -0.117. The van der Waals surface area contributed by atoms with Crippen LogP contribution in [0.5, 0.6) is 0 Å². The standard InChI is InChI=1S/C5H9NO2/c1-2-5(7)3-4-6-8/h4,8H,2-3H2,1H3. The van der Waals surface area contributed by atoms with Crippen LogP contribution < -0.4 is 0 Å². The summed E-state index contributed by atoms with van der Waals surface area (Å²) in [5, 5.41) is 10.5. The third kappa shape index (κ3) is 3.33. The van der Waals surface area contributed by atoms with Crippen molar-refractivity contribution in [3.63, 3.8) is 0 Å². The Morgan fingerprint density at radius 2 is 2.50 bits per heavy atom. The summed E-state index contributed by atoms with van der Waals surface area (Å²) >= 11 is 0. The number of rotatable bonds is 3.